The summed E-state index contributed by atoms with van der Waals surface area (Å²) in [5, 5.41) is 4.50. The Morgan fingerprint density at radius 1 is 1.09 bits per heavy atom. The maximum atomic E-state index is 12.2. The molecule has 1 amide bonds. The summed E-state index contributed by atoms with van der Waals surface area (Å²) in [6.07, 6.45) is 2.89. The molecule has 1 aliphatic rings. The molecule has 3 aromatic rings. The first kappa shape index (κ1) is 23.4. The number of nitrogens with one attached hydrogen (secondary N) is 2. The zero-order valence-electron chi connectivity index (χ0n) is 19.3. The van der Waals surface area contributed by atoms with Gasteiger partial charge in [0.05, 0.1) is 13.2 Å². The van der Waals surface area contributed by atoms with E-state index in [2.05, 4.69) is 22.9 Å². The monoisotopic (exact) mass is 460 g/mol. The van der Waals surface area contributed by atoms with E-state index in [-0.39, 0.29) is 0 Å². The number of esters is 1. The SMILES string of the molecule is CCCCc1cc(C(=O)OCC)nn1Cc1ccc(-c2ccccc2C2NNC(=O)C2=O)cc1. The van der Waals surface area contributed by atoms with Crippen LogP contribution in [0.3, 0.4) is 0 Å². The number of rotatable bonds is 9. The number of hydrogen-bond acceptors (Lipinski definition) is 6. The first-order valence-electron chi connectivity index (χ1n) is 11.5. The molecule has 8 nitrogen and oxygen atoms in total. The van der Waals surface area contributed by atoms with Gasteiger partial charge in [0, 0.05) is 5.69 Å². The average molecular weight is 461 g/mol. The van der Waals surface area contributed by atoms with Gasteiger partial charge in [0.2, 0.25) is 5.78 Å². The van der Waals surface area contributed by atoms with Crippen LogP contribution >= 0.6 is 0 Å². The van der Waals surface area contributed by atoms with Crippen LogP contribution in [0.25, 0.3) is 11.1 Å². The summed E-state index contributed by atoms with van der Waals surface area (Å²) < 4.78 is 6.98. The predicted octanol–water partition coefficient (Wildman–Crippen LogP) is 3.36. The van der Waals surface area contributed by atoms with Gasteiger partial charge in [0.25, 0.3) is 0 Å². The lowest BCUT2D eigenvalue weighted by Gasteiger charge is -2.14. The minimum Gasteiger partial charge on any atom is -0.461 e. The molecule has 4 rings (SSSR count). The van der Waals surface area contributed by atoms with Crippen molar-refractivity contribution in [1.29, 1.82) is 0 Å². The number of hydrazine groups is 1. The van der Waals surface area contributed by atoms with Gasteiger partial charge in [-0.2, -0.15) is 5.10 Å². The van der Waals surface area contributed by atoms with E-state index >= 15 is 0 Å². The van der Waals surface area contributed by atoms with E-state index in [9.17, 15) is 14.4 Å². The molecule has 176 valence electrons. The fourth-order valence-corrected chi connectivity index (χ4v) is 4.05. The molecule has 1 unspecified atom stereocenters. The van der Waals surface area contributed by atoms with Crippen molar-refractivity contribution in [1.82, 2.24) is 20.6 Å². The number of carbonyl (C=O) groups is 3. The molecule has 1 atom stereocenters. The number of amides is 1. The largest absolute Gasteiger partial charge is 0.461 e. The summed E-state index contributed by atoms with van der Waals surface area (Å²) >= 11 is 0. The van der Waals surface area contributed by atoms with Crippen molar-refractivity contribution >= 4 is 17.7 Å². The summed E-state index contributed by atoms with van der Waals surface area (Å²) in [4.78, 5) is 36.0. The van der Waals surface area contributed by atoms with E-state index in [0.717, 1.165) is 47.2 Å². The number of carbonyl (C=O) groups excluding carboxylic acids is 3. The van der Waals surface area contributed by atoms with Gasteiger partial charge in [-0.05, 0) is 48.1 Å². The minimum absolute atomic E-state index is 0.311. The molecule has 8 heteroatoms. The quantitative estimate of drug-likeness (QED) is 0.375. The van der Waals surface area contributed by atoms with E-state index in [0.29, 0.717) is 18.8 Å². The molecule has 0 bridgehead atoms. The molecule has 0 spiro atoms. The van der Waals surface area contributed by atoms with Crippen molar-refractivity contribution in [3.8, 4) is 11.1 Å². The molecule has 0 aliphatic carbocycles. The second kappa shape index (κ2) is 10.4. The van der Waals surface area contributed by atoms with Gasteiger partial charge < -0.3 is 4.74 Å². The fraction of sp³-hybridized carbons (Fsp3) is 0.308. The van der Waals surface area contributed by atoms with Gasteiger partial charge in [0.15, 0.2) is 5.69 Å². The highest BCUT2D eigenvalue weighted by atomic mass is 16.5. The number of hydrogen-bond donors (Lipinski definition) is 2. The van der Waals surface area contributed by atoms with Crippen molar-refractivity contribution in [2.24, 2.45) is 0 Å². The molecule has 1 aliphatic heterocycles. The lowest BCUT2D eigenvalue weighted by Crippen LogP contribution is -2.27. The van der Waals surface area contributed by atoms with Crippen LogP contribution in [0.1, 0.15) is 60.0 Å². The number of unbranched alkanes of at least 4 members (excludes halogenated alkanes) is 1. The van der Waals surface area contributed by atoms with Crippen LogP contribution in [0.2, 0.25) is 0 Å². The highest BCUT2D eigenvalue weighted by Crippen LogP contribution is 2.30. The fourth-order valence-electron chi connectivity index (χ4n) is 4.05. The molecule has 2 heterocycles. The van der Waals surface area contributed by atoms with Crippen molar-refractivity contribution in [2.45, 2.75) is 45.7 Å². The number of Topliss-reactive ketones (excluding diaryl/α,β-unsaturated/α-hetero) is 1. The maximum absolute atomic E-state index is 12.2. The number of ether oxygens (including phenoxy) is 1. The summed E-state index contributed by atoms with van der Waals surface area (Å²) in [6, 6.07) is 16.6. The number of ketones is 1. The summed E-state index contributed by atoms with van der Waals surface area (Å²) in [5.41, 5.74) is 10.1. The van der Waals surface area contributed by atoms with Crippen molar-refractivity contribution in [3.05, 3.63) is 77.1 Å². The molecule has 1 fully saturated rings. The van der Waals surface area contributed by atoms with Crippen LogP contribution in [0.4, 0.5) is 0 Å². The maximum Gasteiger partial charge on any atom is 0.358 e. The normalized spacial score (nSPS) is 15.4. The van der Waals surface area contributed by atoms with Crippen LogP contribution in [-0.2, 0) is 27.3 Å². The van der Waals surface area contributed by atoms with E-state index in [1.807, 2.05) is 59.3 Å². The number of aromatic nitrogens is 2. The number of benzene rings is 2. The lowest BCUT2D eigenvalue weighted by molar-refractivity contribution is -0.135. The van der Waals surface area contributed by atoms with Crippen LogP contribution in [-0.4, -0.2) is 34.0 Å². The van der Waals surface area contributed by atoms with Crippen molar-refractivity contribution in [3.63, 3.8) is 0 Å². The van der Waals surface area contributed by atoms with Gasteiger partial charge in [-0.3, -0.25) is 19.7 Å². The highest BCUT2D eigenvalue weighted by Gasteiger charge is 2.34. The van der Waals surface area contributed by atoms with Gasteiger partial charge >= 0.3 is 11.9 Å². The molecular weight excluding hydrogens is 432 g/mol. The summed E-state index contributed by atoms with van der Waals surface area (Å²) in [5.74, 6) is -1.54. The Kier molecular flexibility index (Phi) is 7.18. The zero-order valence-corrected chi connectivity index (χ0v) is 19.3. The van der Waals surface area contributed by atoms with Gasteiger partial charge in [0.1, 0.15) is 6.04 Å². The molecule has 1 saturated heterocycles. The highest BCUT2D eigenvalue weighted by molar-refractivity contribution is 6.39. The second-order valence-corrected chi connectivity index (χ2v) is 8.18. The lowest BCUT2D eigenvalue weighted by atomic mass is 9.93. The van der Waals surface area contributed by atoms with E-state index < -0.39 is 23.7 Å². The zero-order chi connectivity index (χ0) is 24.1. The Morgan fingerprint density at radius 3 is 2.53 bits per heavy atom. The van der Waals surface area contributed by atoms with Gasteiger partial charge in [-0.15, -0.1) is 0 Å². The predicted molar refractivity (Wildman–Crippen MR) is 127 cm³/mol. The second-order valence-electron chi connectivity index (χ2n) is 8.18. The average Bonchev–Trinajstić information content (AvgIpc) is 3.41. The topological polar surface area (TPSA) is 102 Å². The molecule has 2 aromatic carbocycles. The Bertz CT molecular complexity index is 1200. The molecule has 0 radical (unpaired) electrons. The Labute approximate surface area is 198 Å². The van der Waals surface area contributed by atoms with Crippen LogP contribution in [0.15, 0.2) is 54.6 Å². The van der Waals surface area contributed by atoms with Gasteiger partial charge in [-0.25, -0.2) is 10.2 Å². The van der Waals surface area contributed by atoms with E-state index in [4.69, 9.17) is 4.74 Å². The first-order chi connectivity index (χ1) is 16.5. The van der Waals surface area contributed by atoms with E-state index in [1.54, 1.807) is 6.92 Å². The number of aryl methyl sites for hydroxylation is 1. The van der Waals surface area contributed by atoms with Crippen LogP contribution in [0, 0.1) is 0 Å². The molecule has 1 aromatic heterocycles. The Morgan fingerprint density at radius 2 is 1.85 bits per heavy atom. The molecule has 0 saturated carbocycles. The third-order valence-electron chi connectivity index (χ3n) is 5.82. The number of nitrogens with zero attached hydrogens (tertiary/aromatic N) is 2. The van der Waals surface area contributed by atoms with Crippen molar-refractivity contribution < 1.29 is 19.1 Å². The van der Waals surface area contributed by atoms with Crippen LogP contribution in [0.5, 0.6) is 0 Å². The Hall–Kier alpha value is -3.78. The Balaban J connectivity index is 1.57. The molecular formula is C26H28N4O4. The molecule has 2 N–H and O–H groups in total. The van der Waals surface area contributed by atoms with Gasteiger partial charge in [-0.1, -0.05) is 61.9 Å². The third-order valence-corrected chi connectivity index (χ3v) is 5.82. The standard InChI is InChI=1S/C26H28N4O4/c1-3-5-8-19-15-22(26(33)34-4-2)29-30(19)16-17-11-13-18(14-12-17)20-9-6-7-10-21(20)23-24(31)25(32)28-27-23/h6-7,9-15,23,27H,3-5,8,16H2,1-2H3,(H,28,32). The minimum atomic E-state index is -0.713. The first-order valence-corrected chi connectivity index (χ1v) is 11.5. The third kappa shape index (κ3) is 4.92. The van der Waals surface area contributed by atoms with E-state index in [1.165, 1.54) is 0 Å². The smallest absolute Gasteiger partial charge is 0.358 e. The molecule has 34 heavy (non-hydrogen) atoms. The van der Waals surface area contributed by atoms with Crippen molar-refractivity contribution in [2.75, 3.05) is 6.61 Å². The van der Waals surface area contributed by atoms with Crippen LogP contribution < -0.4 is 10.9 Å². The summed E-state index contributed by atoms with van der Waals surface area (Å²) in [6.45, 7) is 4.75. The summed E-state index contributed by atoms with van der Waals surface area (Å²) in [7, 11) is 0.